The maximum absolute atomic E-state index is 13.0. The van der Waals surface area contributed by atoms with E-state index in [1.165, 1.54) is 76.2 Å². The Bertz CT molecular complexity index is 1210. The molecule has 0 amide bonds. The van der Waals surface area contributed by atoms with Gasteiger partial charge >= 0.3 is 18.1 Å². The number of hydrogen-bond acceptors (Lipinski definition) is 10. The quantitative estimate of drug-likeness (QED) is 0.0357. The van der Waals surface area contributed by atoms with Crippen LogP contribution in [0.15, 0.2) is 30.3 Å². The molecule has 10 nitrogen and oxygen atoms in total. The fourth-order valence-corrected chi connectivity index (χ4v) is 8.23. The summed E-state index contributed by atoms with van der Waals surface area (Å²) in [4.78, 5) is 43.1. The Labute approximate surface area is 399 Å². The highest BCUT2D eigenvalue weighted by Crippen LogP contribution is 2.20. The summed E-state index contributed by atoms with van der Waals surface area (Å²) < 4.78 is 28.8. The normalized spacial score (nSPS) is 12.0. The molecule has 1 aromatic carbocycles. The maximum atomic E-state index is 13.0. The molecule has 0 N–H and O–H groups in total. The van der Waals surface area contributed by atoms with Gasteiger partial charge in [-0.2, -0.15) is 0 Å². The van der Waals surface area contributed by atoms with Crippen LogP contribution in [0.2, 0.25) is 0 Å². The van der Waals surface area contributed by atoms with Crippen molar-refractivity contribution < 1.29 is 38.1 Å². The van der Waals surface area contributed by atoms with E-state index in [1.54, 1.807) is 0 Å². The Morgan fingerprint density at radius 1 is 0.477 bits per heavy atom. The lowest BCUT2D eigenvalue weighted by molar-refractivity contribution is -0.145. The molecular formula is C55H100N2O8. The third-order valence-corrected chi connectivity index (χ3v) is 12.5. The Morgan fingerprint density at radius 2 is 1.00 bits per heavy atom. The molecule has 10 heteroatoms. The fraction of sp³-hybridized carbons (Fsp3) is 0.836. The van der Waals surface area contributed by atoms with Crippen LogP contribution in [0.1, 0.15) is 220 Å². The number of esters is 2. The standard InChI is InChI=1S/C55H100N2O8/c1-6-11-15-17-18-19-26-38-53(58)62-46-30-41-57(44-43-56(10-5)40-27-28-45-61-48-50-34-23-20-24-35-50)42-31-47-63-55(60)65-52(36-25-16-12-7-2)37-29-39-54(59)64-49-51(32-21-13-8-3)33-22-14-9-4/h20,23-24,34-35,51-52H,6-19,21-22,25-33,36-49H2,1-5H3. The van der Waals surface area contributed by atoms with Crippen LogP contribution in [-0.2, 0) is 39.9 Å². The predicted molar refractivity (Wildman–Crippen MR) is 268 cm³/mol. The van der Waals surface area contributed by atoms with Crippen LogP contribution in [0, 0.1) is 5.92 Å². The molecule has 0 aliphatic heterocycles. The number of carbonyl (C=O) groups excluding carboxylic acids is 3. The summed E-state index contributed by atoms with van der Waals surface area (Å²) in [6.07, 6.45) is 27.6. The van der Waals surface area contributed by atoms with Gasteiger partial charge in [0.15, 0.2) is 0 Å². The van der Waals surface area contributed by atoms with Crippen molar-refractivity contribution in [3.63, 3.8) is 0 Å². The first-order chi connectivity index (χ1) is 31.8. The topological polar surface area (TPSA) is 104 Å². The van der Waals surface area contributed by atoms with Crippen LogP contribution in [0.3, 0.4) is 0 Å². The second-order valence-corrected chi connectivity index (χ2v) is 18.4. The van der Waals surface area contributed by atoms with Crippen LogP contribution >= 0.6 is 0 Å². The third-order valence-electron chi connectivity index (χ3n) is 12.5. The van der Waals surface area contributed by atoms with Crippen molar-refractivity contribution >= 4 is 18.1 Å². The molecule has 0 aromatic heterocycles. The van der Waals surface area contributed by atoms with Gasteiger partial charge in [0, 0.05) is 45.6 Å². The Hall–Kier alpha value is -2.69. The van der Waals surface area contributed by atoms with Gasteiger partial charge < -0.3 is 33.5 Å². The Morgan fingerprint density at radius 3 is 1.66 bits per heavy atom. The molecule has 0 saturated carbocycles. The number of likely N-dealkylation sites (N-methyl/N-ethyl adjacent to an activating group) is 1. The van der Waals surface area contributed by atoms with Crippen molar-refractivity contribution in [1.29, 1.82) is 0 Å². The summed E-state index contributed by atoms with van der Waals surface area (Å²) >= 11 is 0. The van der Waals surface area contributed by atoms with Gasteiger partial charge in [0.25, 0.3) is 0 Å². The summed E-state index contributed by atoms with van der Waals surface area (Å²) in [7, 11) is 0. The lowest BCUT2D eigenvalue weighted by Crippen LogP contribution is -2.37. The molecular weight excluding hydrogens is 817 g/mol. The van der Waals surface area contributed by atoms with Crippen molar-refractivity contribution in [2.24, 2.45) is 5.92 Å². The van der Waals surface area contributed by atoms with Gasteiger partial charge in [-0.1, -0.05) is 161 Å². The first-order valence-corrected chi connectivity index (χ1v) is 27.1. The zero-order chi connectivity index (χ0) is 47.3. The molecule has 0 heterocycles. The van der Waals surface area contributed by atoms with Gasteiger partial charge in [0.05, 0.1) is 26.4 Å². The van der Waals surface area contributed by atoms with E-state index in [0.29, 0.717) is 57.8 Å². The minimum absolute atomic E-state index is 0.0926. The van der Waals surface area contributed by atoms with E-state index in [-0.39, 0.29) is 24.6 Å². The van der Waals surface area contributed by atoms with Gasteiger partial charge in [-0.25, -0.2) is 4.79 Å². The van der Waals surface area contributed by atoms with Crippen LogP contribution in [0.4, 0.5) is 4.79 Å². The molecule has 0 aliphatic rings. The van der Waals surface area contributed by atoms with E-state index >= 15 is 0 Å². The summed E-state index contributed by atoms with van der Waals surface area (Å²) in [5.74, 6) is 0.205. The van der Waals surface area contributed by atoms with Crippen molar-refractivity contribution in [2.45, 2.75) is 227 Å². The van der Waals surface area contributed by atoms with Crippen molar-refractivity contribution in [1.82, 2.24) is 9.80 Å². The summed E-state index contributed by atoms with van der Waals surface area (Å²) in [6.45, 7) is 19.1. The molecule has 0 aliphatic carbocycles. The maximum Gasteiger partial charge on any atom is 0.508 e. The minimum atomic E-state index is -0.626. The van der Waals surface area contributed by atoms with Crippen LogP contribution in [0.25, 0.3) is 0 Å². The Kier molecular flexibility index (Phi) is 41.9. The zero-order valence-electron chi connectivity index (χ0n) is 42.8. The van der Waals surface area contributed by atoms with Crippen LogP contribution in [-0.4, -0.2) is 99.7 Å². The summed E-state index contributed by atoms with van der Waals surface area (Å²) in [5, 5.41) is 0. The smallest absolute Gasteiger partial charge is 0.466 e. The lowest BCUT2D eigenvalue weighted by atomic mass is 9.96. The fourth-order valence-electron chi connectivity index (χ4n) is 8.23. The monoisotopic (exact) mass is 917 g/mol. The number of rotatable bonds is 47. The number of benzene rings is 1. The largest absolute Gasteiger partial charge is 0.508 e. The molecule has 1 rings (SSSR count). The molecule has 0 saturated heterocycles. The number of unbranched alkanes of at least 4 members (excludes halogenated alkanes) is 14. The zero-order valence-corrected chi connectivity index (χ0v) is 42.8. The highest BCUT2D eigenvalue weighted by atomic mass is 16.7. The summed E-state index contributed by atoms with van der Waals surface area (Å²) in [6, 6.07) is 10.3. The Balaban J connectivity index is 2.61. The number of ether oxygens (including phenoxy) is 5. The number of nitrogens with zero attached hydrogens (tertiary/aromatic N) is 2. The van der Waals surface area contributed by atoms with E-state index in [0.717, 1.165) is 123 Å². The molecule has 0 bridgehead atoms. The van der Waals surface area contributed by atoms with E-state index in [4.69, 9.17) is 23.7 Å². The molecule has 1 aromatic rings. The average molecular weight is 917 g/mol. The van der Waals surface area contributed by atoms with Gasteiger partial charge in [-0.05, 0) is 95.2 Å². The minimum Gasteiger partial charge on any atom is -0.466 e. The van der Waals surface area contributed by atoms with Crippen molar-refractivity contribution in [2.75, 3.05) is 65.7 Å². The molecule has 0 spiro atoms. The van der Waals surface area contributed by atoms with Gasteiger partial charge in [0.1, 0.15) is 6.10 Å². The number of hydrogen-bond donors (Lipinski definition) is 0. The second kappa shape index (κ2) is 45.1. The highest BCUT2D eigenvalue weighted by Gasteiger charge is 2.18. The van der Waals surface area contributed by atoms with E-state index < -0.39 is 6.16 Å². The highest BCUT2D eigenvalue weighted by molar-refractivity contribution is 5.69. The molecule has 378 valence electrons. The first-order valence-electron chi connectivity index (χ1n) is 27.1. The van der Waals surface area contributed by atoms with E-state index in [2.05, 4.69) is 56.6 Å². The number of carbonyl (C=O) groups is 3. The SMILES string of the molecule is CCCCCCCCCC(=O)OCCCN(CCCOC(=O)OC(CCCCCC)CCCC(=O)OCC(CCCCC)CCCCC)CCN(CC)CCCCOCc1ccccc1. The third kappa shape index (κ3) is 38.0. The van der Waals surface area contributed by atoms with E-state index in [1.807, 2.05) is 18.2 Å². The average Bonchev–Trinajstić information content (AvgIpc) is 3.31. The lowest BCUT2D eigenvalue weighted by Gasteiger charge is -2.27. The molecule has 1 atom stereocenters. The van der Waals surface area contributed by atoms with Crippen molar-refractivity contribution in [3.05, 3.63) is 35.9 Å². The van der Waals surface area contributed by atoms with Crippen molar-refractivity contribution in [3.8, 4) is 0 Å². The first kappa shape index (κ1) is 60.3. The van der Waals surface area contributed by atoms with E-state index in [9.17, 15) is 14.4 Å². The van der Waals surface area contributed by atoms with Gasteiger partial charge in [0.2, 0.25) is 0 Å². The molecule has 0 radical (unpaired) electrons. The van der Waals surface area contributed by atoms with Crippen LogP contribution in [0.5, 0.6) is 0 Å². The molecule has 0 fully saturated rings. The van der Waals surface area contributed by atoms with Gasteiger partial charge in [-0.15, -0.1) is 0 Å². The van der Waals surface area contributed by atoms with Gasteiger partial charge in [-0.3, -0.25) is 9.59 Å². The predicted octanol–water partition coefficient (Wildman–Crippen LogP) is 14.1. The molecule has 1 unspecified atom stereocenters. The van der Waals surface area contributed by atoms with Crippen LogP contribution < -0.4 is 0 Å². The summed E-state index contributed by atoms with van der Waals surface area (Å²) in [5.41, 5.74) is 1.20. The molecule has 65 heavy (non-hydrogen) atoms. The second-order valence-electron chi connectivity index (χ2n) is 18.4.